The van der Waals surface area contributed by atoms with Crippen molar-refractivity contribution in [3.8, 4) is 17.2 Å². The third-order valence-corrected chi connectivity index (χ3v) is 5.15. The van der Waals surface area contributed by atoms with Gasteiger partial charge in [-0.05, 0) is 49.6 Å². The predicted molar refractivity (Wildman–Crippen MR) is 108 cm³/mol. The molecule has 6 heteroatoms. The van der Waals surface area contributed by atoms with Gasteiger partial charge in [-0.25, -0.2) is 4.98 Å². The summed E-state index contributed by atoms with van der Waals surface area (Å²) in [5.74, 6) is 1.93. The van der Waals surface area contributed by atoms with Gasteiger partial charge in [0.2, 0.25) is 0 Å². The third kappa shape index (κ3) is 2.91. The molecule has 0 unspecified atom stereocenters. The fourth-order valence-electron chi connectivity index (χ4n) is 3.93. The van der Waals surface area contributed by atoms with Gasteiger partial charge in [0, 0.05) is 35.4 Å². The van der Waals surface area contributed by atoms with E-state index in [1.807, 2.05) is 38.1 Å². The van der Waals surface area contributed by atoms with Crippen LogP contribution in [0.2, 0.25) is 0 Å². The van der Waals surface area contributed by atoms with Gasteiger partial charge in [-0.15, -0.1) is 0 Å². The number of fused-ring (bicyclic) bond motifs is 3. The molecule has 0 spiro atoms. The number of pyridine rings is 1. The maximum Gasteiger partial charge on any atom is 0.298 e. The minimum atomic E-state index is 0.454. The van der Waals surface area contributed by atoms with Crippen molar-refractivity contribution in [3.63, 3.8) is 0 Å². The van der Waals surface area contributed by atoms with E-state index < -0.39 is 0 Å². The molecule has 0 aliphatic carbocycles. The average molecular weight is 378 g/mol. The van der Waals surface area contributed by atoms with Gasteiger partial charge in [0.25, 0.3) is 6.47 Å². The van der Waals surface area contributed by atoms with Gasteiger partial charge in [0.05, 0.1) is 19.9 Å². The van der Waals surface area contributed by atoms with E-state index in [0.717, 1.165) is 52.3 Å². The van der Waals surface area contributed by atoms with Crippen LogP contribution >= 0.6 is 0 Å². The molecule has 0 amide bonds. The highest BCUT2D eigenvalue weighted by atomic mass is 16.5. The number of hydrogen-bond acceptors (Lipinski definition) is 6. The van der Waals surface area contributed by atoms with Gasteiger partial charge in [0.15, 0.2) is 0 Å². The zero-order valence-electron chi connectivity index (χ0n) is 16.4. The number of aromatic nitrogens is 1. The second-order valence-corrected chi connectivity index (χ2v) is 6.87. The van der Waals surface area contributed by atoms with Crippen LogP contribution < -0.4 is 19.1 Å². The smallest absolute Gasteiger partial charge is 0.298 e. The molecule has 0 atom stereocenters. The van der Waals surface area contributed by atoms with Crippen molar-refractivity contribution < 1.29 is 19.0 Å². The quantitative estimate of drug-likeness (QED) is 0.623. The first-order valence-corrected chi connectivity index (χ1v) is 9.10. The molecule has 28 heavy (non-hydrogen) atoms. The van der Waals surface area contributed by atoms with Crippen molar-refractivity contribution in [2.45, 2.75) is 20.3 Å². The average Bonchev–Trinajstić information content (AvgIpc) is 3.13. The molecule has 144 valence electrons. The molecule has 2 heterocycles. The Morgan fingerprint density at radius 1 is 1.04 bits per heavy atom. The van der Waals surface area contributed by atoms with Crippen LogP contribution in [0.1, 0.15) is 16.8 Å². The summed E-state index contributed by atoms with van der Waals surface area (Å²) in [6, 6.07) is 9.67. The molecular weight excluding hydrogens is 356 g/mol. The summed E-state index contributed by atoms with van der Waals surface area (Å²) >= 11 is 0. The monoisotopic (exact) mass is 378 g/mol. The molecule has 0 radical (unpaired) electrons. The molecule has 1 aliphatic heterocycles. The van der Waals surface area contributed by atoms with Gasteiger partial charge in [0.1, 0.15) is 22.8 Å². The summed E-state index contributed by atoms with van der Waals surface area (Å²) in [5, 5.41) is 0.980. The molecule has 0 bridgehead atoms. The van der Waals surface area contributed by atoms with E-state index in [1.165, 1.54) is 5.56 Å². The zero-order chi connectivity index (χ0) is 19.8. The maximum atomic E-state index is 10.8. The minimum absolute atomic E-state index is 0.454. The minimum Gasteiger partial charge on any atom is -0.497 e. The molecule has 0 fully saturated rings. The van der Waals surface area contributed by atoms with Crippen molar-refractivity contribution in [2.75, 3.05) is 25.7 Å². The summed E-state index contributed by atoms with van der Waals surface area (Å²) in [6.07, 6.45) is 0.890. The number of aryl methyl sites for hydroxylation is 2. The Kier molecular flexibility index (Phi) is 4.55. The summed E-state index contributed by atoms with van der Waals surface area (Å²) in [7, 11) is 3.28. The van der Waals surface area contributed by atoms with Crippen LogP contribution in [0.4, 0.5) is 11.4 Å². The second-order valence-electron chi connectivity index (χ2n) is 6.87. The first-order valence-electron chi connectivity index (χ1n) is 9.10. The van der Waals surface area contributed by atoms with Gasteiger partial charge in [-0.3, -0.25) is 4.79 Å². The number of anilines is 2. The van der Waals surface area contributed by atoms with E-state index in [2.05, 4.69) is 11.0 Å². The lowest BCUT2D eigenvalue weighted by Crippen LogP contribution is -2.14. The lowest BCUT2D eigenvalue weighted by molar-refractivity contribution is -0.120. The van der Waals surface area contributed by atoms with Gasteiger partial charge in [-0.2, -0.15) is 0 Å². The zero-order valence-corrected chi connectivity index (χ0v) is 16.4. The van der Waals surface area contributed by atoms with Gasteiger partial charge < -0.3 is 19.1 Å². The Labute approximate surface area is 163 Å². The Balaban J connectivity index is 1.97. The number of carbonyl (C=O) groups excluding carboxylic acids is 1. The lowest BCUT2D eigenvalue weighted by atomic mass is 10.0. The van der Waals surface area contributed by atoms with Gasteiger partial charge in [-0.1, -0.05) is 0 Å². The summed E-state index contributed by atoms with van der Waals surface area (Å²) < 4.78 is 16.2. The van der Waals surface area contributed by atoms with E-state index >= 15 is 0 Å². The highest BCUT2D eigenvalue weighted by Gasteiger charge is 2.27. The van der Waals surface area contributed by atoms with Crippen molar-refractivity contribution in [1.82, 2.24) is 4.98 Å². The molecule has 6 nitrogen and oxygen atoms in total. The van der Waals surface area contributed by atoms with E-state index in [1.54, 1.807) is 14.2 Å². The van der Waals surface area contributed by atoms with Crippen molar-refractivity contribution >= 4 is 28.7 Å². The van der Waals surface area contributed by atoms with E-state index in [9.17, 15) is 4.79 Å². The topological polar surface area (TPSA) is 60.9 Å². The normalized spacial score (nSPS) is 12.8. The van der Waals surface area contributed by atoms with E-state index in [0.29, 0.717) is 18.0 Å². The van der Waals surface area contributed by atoms with Crippen LogP contribution in [-0.4, -0.2) is 32.2 Å². The van der Waals surface area contributed by atoms with Gasteiger partial charge >= 0.3 is 0 Å². The molecule has 1 aromatic heterocycles. The van der Waals surface area contributed by atoms with Crippen LogP contribution in [0, 0.1) is 13.8 Å². The fourth-order valence-corrected chi connectivity index (χ4v) is 3.93. The first kappa shape index (κ1) is 18.1. The second kappa shape index (κ2) is 7.03. The van der Waals surface area contributed by atoms with Crippen molar-refractivity contribution in [2.24, 2.45) is 0 Å². The van der Waals surface area contributed by atoms with Crippen LogP contribution in [0.5, 0.6) is 17.2 Å². The van der Waals surface area contributed by atoms with Crippen LogP contribution in [0.25, 0.3) is 10.9 Å². The number of nitrogens with zero attached hydrogens (tertiary/aromatic N) is 2. The highest BCUT2D eigenvalue weighted by molar-refractivity contribution is 6.01. The molecule has 1 aliphatic rings. The number of ether oxygens (including phenoxy) is 3. The molecule has 0 saturated heterocycles. The first-order chi connectivity index (χ1) is 13.5. The number of benzene rings is 2. The SMILES string of the molecule is COc1cc(OC)c2nc(C)c3c(c2c1)N(c1cc(C)cc(OC=O)c1)CC3. The fraction of sp³-hybridized carbons (Fsp3) is 0.273. The van der Waals surface area contributed by atoms with Crippen LogP contribution in [0.3, 0.4) is 0 Å². The Morgan fingerprint density at radius 2 is 1.86 bits per heavy atom. The Bertz CT molecular complexity index is 1080. The molecule has 2 aromatic carbocycles. The summed E-state index contributed by atoms with van der Waals surface area (Å²) in [4.78, 5) is 17.9. The Hall–Kier alpha value is -3.28. The summed E-state index contributed by atoms with van der Waals surface area (Å²) in [5.41, 5.74) is 6.11. The number of carbonyl (C=O) groups is 1. The molecule has 4 rings (SSSR count). The number of hydrogen-bond donors (Lipinski definition) is 0. The third-order valence-electron chi connectivity index (χ3n) is 5.15. The molecule has 0 saturated carbocycles. The maximum absolute atomic E-state index is 10.8. The number of rotatable bonds is 5. The van der Waals surface area contributed by atoms with Crippen molar-refractivity contribution in [1.29, 1.82) is 0 Å². The lowest BCUT2D eigenvalue weighted by Gasteiger charge is -2.23. The van der Waals surface area contributed by atoms with Crippen LogP contribution in [0.15, 0.2) is 30.3 Å². The Morgan fingerprint density at radius 3 is 2.57 bits per heavy atom. The standard InChI is InChI=1S/C22H22N2O4/c1-13-7-15(9-17(8-13)28-12-25)24-6-5-18-14(2)23-21-19(22(18)24)10-16(26-3)11-20(21)27-4/h7-12H,5-6H2,1-4H3. The van der Waals surface area contributed by atoms with E-state index in [4.69, 9.17) is 19.2 Å². The van der Waals surface area contributed by atoms with E-state index in [-0.39, 0.29) is 0 Å². The molecule has 3 aromatic rings. The molecule has 0 N–H and O–H groups in total. The summed E-state index contributed by atoms with van der Waals surface area (Å²) in [6.45, 7) is 5.29. The predicted octanol–water partition coefficient (Wildman–Crippen LogP) is 4.10. The highest BCUT2D eigenvalue weighted by Crippen LogP contribution is 2.45. The van der Waals surface area contributed by atoms with Crippen molar-refractivity contribution in [3.05, 3.63) is 47.2 Å². The van der Waals surface area contributed by atoms with Crippen LogP contribution in [-0.2, 0) is 11.2 Å². The largest absolute Gasteiger partial charge is 0.497 e. The molecular formula is C22H22N2O4. The number of methoxy groups -OCH3 is 2.